The molecule has 0 spiro atoms. The van der Waals surface area contributed by atoms with Gasteiger partial charge in [-0.1, -0.05) is 27.2 Å². The summed E-state index contributed by atoms with van der Waals surface area (Å²) in [6, 6.07) is -0.433. The van der Waals surface area contributed by atoms with E-state index in [1.807, 2.05) is 20.8 Å². The second-order valence-corrected chi connectivity index (χ2v) is 5.70. The van der Waals surface area contributed by atoms with E-state index in [9.17, 15) is 9.59 Å². The standard InChI is InChI=1S/C14H29N3O2/c1-6-11(9-15)8-13(18)16-12(7-10(2)3)14(19)17(4)5/h10-12H,6-9,15H2,1-5H3,(H,16,18). The van der Waals surface area contributed by atoms with Crippen molar-refractivity contribution in [1.82, 2.24) is 10.2 Å². The predicted octanol–water partition coefficient (Wildman–Crippen LogP) is 0.981. The second kappa shape index (κ2) is 8.91. The molecule has 5 nitrogen and oxygen atoms in total. The lowest BCUT2D eigenvalue weighted by Gasteiger charge is -2.24. The van der Waals surface area contributed by atoms with Crippen molar-refractivity contribution in [3.63, 3.8) is 0 Å². The molecule has 19 heavy (non-hydrogen) atoms. The van der Waals surface area contributed by atoms with Crippen LogP contribution in [0, 0.1) is 11.8 Å². The summed E-state index contributed by atoms with van der Waals surface area (Å²) in [4.78, 5) is 25.5. The smallest absolute Gasteiger partial charge is 0.244 e. The number of carbonyl (C=O) groups is 2. The molecular weight excluding hydrogens is 242 g/mol. The molecule has 112 valence electrons. The van der Waals surface area contributed by atoms with Crippen LogP contribution in [0.5, 0.6) is 0 Å². The van der Waals surface area contributed by atoms with Gasteiger partial charge in [-0.15, -0.1) is 0 Å². The van der Waals surface area contributed by atoms with E-state index in [4.69, 9.17) is 5.73 Å². The molecule has 3 N–H and O–H groups in total. The van der Waals surface area contributed by atoms with Crippen LogP contribution in [0.4, 0.5) is 0 Å². The Balaban J connectivity index is 4.55. The zero-order valence-corrected chi connectivity index (χ0v) is 12.9. The van der Waals surface area contributed by atoms with Gasteiger partial charge in [0.25, 0.3) is 0 Å². The molecule has 0 aliphatic carbocycles. The summed E-state index contributed by atoms with van der Waals surface area (Å²) < 4.78 is 0. The minimum atomic E-state index is -0.433. The molecule has 0 aromatic carbocycles. The fraction of sp³-hybridized carbons (Fsp3) is 0.857. The topological polar surface area (TPSA) is 75.4 Å². The average molecular weight is 271 g/mol. The van der Waals surface area contributed by atoms with E-state index >= 15 is 0 Å². The van der Waals surface area contributed by atoms with Crippen LogP contribution >= 0.6 is 0 Å². The number of nitrogens with zero attached hydrogens (tertiary/aromatic N) is 1. The third-order valence-corrected chi connectivity index (χ3v) is 3.17. The molecule has 0 aromatic rings. The van der Waals surface area contributed by atoms with Crippen LogP contribution in [0.15, 0.2) is 0 Å². The molecule has 0 saturated carbocycles. The molecule has 2 amide bonds. The summed E-state index contributed by atoms with van der Waals surface area (Å²) in [5.74, 6) is 0.404. The van der Waals surface area contributed by atoms with Gasteiger partial charge in [-0.3, -0.25) is 9.59 Å². The molecule has 0 heterocycles. The molecule has 0 fully saturated rings. The highest BCUT2D eigenvalue weighted by molar-refractivity contribution is 5.87. The maximum Gasteiger partial charge on any atom is 0.244 e. The van der Waals surface area contributed by atoms with Gasteiger partial charge in [-0.25, -0.2) is 0 Å². The first-order valence-corrected chi connectivity index (χ1v) is 7.02. The van der Waals surface area contributed by atoms with Gasteiger partial charge in [0.15, 0.2) is 0 Å². The van der Waals surface area contributed by atoms with Crippen LogP contribution in [0.3, 0.4) is 0 Å². The van der Waals surface area contributed by atoms with E-state index in [-0.39, 0.29) is 17.7 Å². The lowest BCUT2D eigenvalue weighted by atomic mass is 10.00. The maximum atomic E-state index is 12.0. The third kappa shape index (κ3) is 7.15. The summed E-state index contributed by atoms with van der Waals surface area (Å²) in [5.41, 5.74) is 5.60. The number of nitrogens with one attached hydrogen (secondary N) is 1. The van der Waals surface area contributed by atoms with E-state index in [1.165, 1.54) is 4.90 Å². The molecule has 2 unspecified atom stereocenters. The molecule has 5 heteroatoms. The number of likely N-dealkylation sites (N-methyl/N-ethyl adjacent to an activating group) is 1. The van der Waals surface area contributed by atoms with Crippen molar-refractivity contribution in [2.45, 2.75) is 46.1 Å². The van der Waals surface area contributed by atoms with Crippen molar-refractivity contribution in [2.75, 3.05) is 20.6 Å². The first-order valence-electron chi connectivity index (χ1n) is 7.02. The van der Waals surface area contributed by atoms with Gasteiger partial charge >= 0.3 is 0 Å². The molecule has 0 radical (unpaired) electrons. The van der Waals surface area contributed by atoms with Crippen LogP contribution in [0.1, 0.15) is 40.0 Å². The van der Waals surface area contributed by atoms with Crippen LogP contribution in [-0.2, 0) is 9.59 Å². The van der Waals surface area contributed by atoms with Gasteiger partial charge in [0, 0.05) is 20.5 Å². The maximum absolute atomic E-state index is 12.0. The Labute approximate surface area is 116 Å². The average Bonchev–Trinajstić information content (AvgIpc) is 2.33. The molecule has 0 saturated heterocycles. The first-order chi connectivity index (χ1) is 8.81. The lowest BCUT2D eigenvalue weighted by molar-refractivity contribution is -0.135. The SMILES string of the molecule is CCC(CN)CC(=O)NC(CC(C)C)C(=O)N(C)C. The third-order valence-electron chi connectivity index (χ3n) is 3.17. The number of amides is 2. The Bertz CT molecular complexity index is 286. The molecule has 0 aliphatic rings. The van der Waals surface area contributed by atoms with Gasteiger partial charge in [0.1, 0.15) is 6.04 Å². The predicted molar refractivity (Wildman–Crippen MR) is 77.5 cm³/mol. The number of carbonyl (C=O) groups excluding carboxylic acids is 2. The van der Waals surface area contributed by atoms with E-state index < -0.39 is 6.04 Å². The minimum Gasteiger partial charge on any atom is -0.347 e. The molecule has 0 rings (SSSR count). The van der Waals surface area contributed by atoms with Crippen molar-refractivity contribution in [3.8, 4) is 0 Å². The van der Waals surface area contributed by atoms with E-state index in [0.29, 0.717) is 25.3 Å². The van der Waals surface area contributed by atoms with Crippen molar-refractivity contribution < 1.29 is 9.59 Å². The highest BCUT2D eigenvalue weighted by Crippen LogP contribution is 2.10. The van der Waals surface area contributed by atoms with E-state index in [1.54, 1.807) is 14.1 Å². The van der Waals surface area contributed by atoms with Gasteiger partial charge in [0.05, 0.1) is 0 Å². The molecule has 2 atom stereocenters. The van der Waals surface area contributed by atoms with Gasteiger partial charge < -0.3 is 16.0 Å². The fourth-order valence-electron chi connectivity index (χ4n) is 1.91. The monoisotopic (exact) mass is 271 g/mol. The van der Waals surface area contributed by atoms with Gasteiger partial charge in [0.2, 0.25) is 11.8 Å². The van der Waals surface area contributed by atoms with Crippen LogP contribution in [-0.4, -0.2) is 43.4 Å². The lowest BCUT2D eigenvalue weighted by Crippen LogP contribution is -2.47. The van der Waals surface area contributed by atoms with E-state index in [2.05, 4.69) is 5.32 Å². The van der Waals surface area contributed by atoms with Crippen molar-refractivity contribution >= 4 is 11.8 Å². The molecular formula is C14H29N3O2. The Morgan fingerprint density at radius 1 is 1.26 bits per heavy atom. The zero-order valence-electron chi connectivity index (χ0n) is 12.9. The number of hydrogen-bond donors (Lipinski definition) is 2. The van der Waals surface area contributed by atoms with Gasteiger partial charge in [-0.05, 0) is 24.8 Å². The van der Waals surface area contributed by atoms with Crippen LogP contribution in [0.25, 0.3) is 0 Å². The zero-order chi connectivity index (χ0) is 15.0. The number of hydrogen-bond acceptors (Lipinski definition) is 3. The van der Waals surface area contributed by atoms with Crippen LogP contribution < -0.4 is 11.1 Å². The second-order valence-electron chi connectivity index (χ2n) is 5.70. The Hall–Kier alpha value is -1.10. The summed E-state index contributed by atoms with van der Waals surface area (Å²) in [6.07, 6.45) is 1.92. The summed E-state index contributed by atoms with van der Waals surface area (Å²) >= 11 is 0. The number of nitrogens with two attached hydrogens (primary N) is 1. The Morgan fingerprint density at radius 3 is 2.21 bits per heavy atom. The van der Waals surface area contributed by atoms with Crippen LogP contribution in [0.2, 0.25) is 0 Å². The Kier molecular flexibility index (Phi) is 8.39. The minimum absolute atomic E-state index is 0.0529. The molecule has 0 aliphatic heterocycles. The van der Waals surface area contributed by atoms with Crippen molar-refractivity contribution in [3.05, 3.63) is 0 Å². The summed E-state index contributed by atoms with van der Waals surface area (Å²) in [7, 11) is 3.41. The quantitative estimate of drug-likeness (QED) is 0.691. The van der Waals surface area contributed by atoms with Crippen molar-refractivity contribution in [2.24, 2.45) is 17.6 Å². The highest BCUT2D eigenvalue weighted by Gasteiger charge is 2.24. The Morgan fingerprint density at radius 2 is 1.84 bits per heavy atom. The normalized spacial score (nSPS) is 14.1. The molecule has 0 aromatic heterocycles. The largest absolute Gasteiger partial charge is 0.347 e. The summed E-state index contributed by atoms with van der Waals surface area (Å²) in [6.45, 7) is 6.59. The van der Waals surface area contributed by atoms with E-state index in [0.717, 1.165) is 6.42 Å². The number of rotatable bonds is 8. The summed E-state index contributed by atoms with van der Waals surface area (Å²) in [5, 5.41) is 2.84. The first kappa shape index (κ1) is 17.9. The van der Waals surface area contributed by atoms with Crippen molar-refractivity contribution in [1.29, 1.82) is 0 Å². The highest BCUT2D eigenvalue weighted by atomic mass is 16.2. The fourth-order valence-corrected chi connectivity index (χ4v) is 1.91. The van der Waals surface area contributed by atoms with Gasteiger partial charge in [-0.2, -0.15) is 0 Å². The molecule has 0 bridgehead atoms.